The van der Waals surface area contributed by atoms with Crippen LogP contribution in [-0.4, -0.2) is 17.9 Å². The highest BCUT2D eigenvalue weighted by Gasteiger charge is 2.18. The number of halogens is 3. The van der Waals surface area contributed by atoms with Crippen molar-refractivity contribution in [1.29, 1.82) is 0 Å². The number of nitrogens with zero attached hydrogens (tertiary/aromatic N) is 1. The van der Waals surface area contributed by atoms with E-state index in [0.29, 0.717) is 5.75 Å². The maximum absolute atomic E-state index is 13.4. The molecular weight excluding hydrogens is 320 g/mol. The van der Waals surface area contributed by atoms with Gasteiger partial charge in [-0.2, -0.15) is 0 Å². The third kappa shape index (κ3) is 2.63. The summed E-state index contributed by atoms with van der Waals surface area (Å²) < 4.78 is 31.1. The van der Waals surface area contributed by atoms with E-state index in [2.05, 4.69) is 20.9 Å². The maximum Gasteiger partial charge on any atom is 0.195 e. The van der Waals surface area contributed by atoms with Crippen LogP contribution in [0.3, 0.4) is 0 Å². The number of ether oxygens (including phenoxy) is 1. The highest BCUT2D eigenvalue weighted by Crippen LogP contribution is 2.25. The molecule has 0 N–H and O–H groups in total. The molecule has 98 valence electrons. The third-order valence-electron chi connectivity index (χ3n) is 2.49. The summed E-state index contributed by atoms with van der Waals surface area (Å²) in [5.74, 6) is -2.18. The van der Waals surface area contributed by atoms with Gasteiger partial charge in [-0.25, -0.2) is 8.78 Å². The van der Waals surface area contributed by atoms with Gasteiger partial charge in [-0.3, -0.25) is 9.78 Å². The first-order chi connectivity index (χ1) is 9.04. The van der Waals surface area contributed by atoms with E-state index >= 15 is 0 Å². The minimum atomic E-state index is -1.10. The van der Waals surface area contributed by atoms with Gasteiger partial charge in [0.15, 0.2) is 17.4 Å². The fourth-order valence-corrected chi connectivity index (χ4v) is 2.01. The molecule has 0 spiro atoms. The molecule has 0 radical (unpaired) electrons. The van der Waals surface area contributed by atoms with Crippen molar-refractivity contribution >= 4 is 21.7 Å². The Morgan fingerprint density at radius 1 is 1.32 bits per heavy atom. The lowest BCUT2D eigenvalue weighted by Gasteiger charge is -2.06. The van der Waals surface area contributed by atoms with Crippen molar-refractivity contribution in [3.63, 3.8) is 0 Å². The molecule has 0 aliphatic carbocycles. The number of hydrogen-bond acceptors (Lipinski definition) is 3. The summed E-state index contributed by atoms with van der Waals surface area (Å²) in [6, 6.07) is 3.59. The molecule has 2 rings (SSSR count). The summed E-state index contributed by atoms with van der Waals surface area (Å²) >= 11 is 2.88. The highest BCUT2D eigenvalue weighted by molar-refractivity contribution is 9.10. The smallest absolute Gasteiger partial charge is 0.195 e. The lowest BCUT2D eigenvalue weighted by atomic mass is 10.0. The van der Waals surface area contributed by atoms with E-state index < -0.39 is 17.4 Å². The van der Waals surface area contributed by atoms with E-state index in [1.54, 1.807) is 0 Å². The van der Waals surface area contributed by atoms with Crippen LogP contribution >= 0.6 is 15.9 Å². The molecule has 0 aliphatic rings. The summed E-state index contributed by atoms with van der Waals surface area (Å²) in [6.45, 7) is 0. The Kier molecular flexibility index (Phi) is 3.90. The molecule has 3 nitrogen and oxygen atoms in total. The van der Waals surface area contributed by atoms with Crippen molar-refractivity contribution in [2.24, 2.45) is 0 Å². The molecule has 0 saturated heterocycles. The van der Waals surface area contributed by atoms with Crippen LogP contribution in [0.2, 0.25) is 0 Å². The van der Waals surface area contributed by atoms with Gasteiger partial charge in [0.2, 0.25) is 0 Å². The summed E-state index contributed by atoms with van der Waals surface area (Å²) in [5.41, 5.74) is 0.250. The quantitative estimate of drug-likeness (QED) is 0.641. The SMILES string of the molecule is COc1cncc(C(=O)c2ccc(F)c(F)c2Br)c1. The van der Waals surface area contributed by atoms with Crippen LogP contribution in [0.4, 0.5) is 8.78 Å². The molecule has 0 saturated carbocycles. The van der Waals surface area contributed by atoms with E-state index in [1.807, 2.05) is 0 Å². The topological polar surface area (TPSA) is 39.2 Å². The molecule has 0 amide bonds. The summed E-state index contributed by atoms with van der Waals surface area (Å²) in [4.78, 5) is 16.0. The average molecular weight is 328 g/mol. The second kappa shape index (κ2) is 5.44. The normalized spacial score (nSPS) is 10.3. The summed E-state index contributed by atoms with van der Waals surface area (Å²) in [6.07, 6.45) is 2.77. The number of ketones is 1. The van der Waals surface area contributed by atoms with Crippen LogP contribution in [0.5, 0.6) is 5.75 Å². The largest absolute Gasteiger partial charge is 0.495 e. The van der Waals surface area contributed by atoms with Crippen LogP contribution in [0.25, 0.3) is 0 Å². The van der Waals surface area contributed by atoms with Crippen molar-refractivity contribution in [2.45, 2.75) is 0 Å². The minimum Gasteiger partial charge on any atom is -0.495 e. The highest BCUT2D eigenvalue weighted by atomic mass is 79.9. The van der Waals surface area contributed by atoms with Gasteiger partial charge < -0.3 is 4.74 Å². The molecule has 0 atom stereocenters. The zero-order valence-corrected chi connectivity index (χ0v) is 11.4. The molecule has 1 aromatic heterocycles. The molecule has 0 bridgehead atoms. The zero-order chi connectivity index (χ0) is 14.0. The standard InChI is InChI=1S/C13H8BrF2NO2/c1-19-8-4-7(5-17-6-8)13(18)9-2-3-10(15)12(16)11(9)14/h2-6H,1H3. The molecule has 6 heteroatoms. The van der Waals surface area contributed by atoms with Gasteiger partial charge in [0.1, 0.15) is 5.75 Å². The fourth-order valence-electron chi connectivity index (χ4n) is 1.51. The van der Waals surface area contributed by atoms with Gasteiger partial charge in [0.05, 0.1) is 17.8 Å². The van der Waals surface area contributed by atoms with Gasteiger partial charge in [0, 0.05) is 17.3 Å². The van der Waals surface area contributed by atoms with E-state index in [-0.39, 0.29) is 15.6 Å². The lowest BCUT2D eigenvalue weighted by Crippen LogP contribution is -2.05. The van der Waals surface area contributed by atoms with E-state index in [4.69, 9.17) is 4.74 Å². The number of aromatic nitrogens is 1. The third-order valence-corrected chi connectivity index (χ3v) is 3.27. The fraction of sp³-hybridized carbons (Fsp3) is 0.0769. The molecule has 2 aromatic rings. The number of rotatable bonds is 3. The lowest BCUT2D eigenvalue weighted by molar-refractivity contribution is 0.103. The number of methoxy groups -OCH3 is 1. The van der Waals surface area contributed by atoms with Crippen LogP contribution in [-0.2, 0) is 0 Å². The first-order valence-electron chi connectivity index (χ1n) is 5.22. The molecule has 0 unspecified atom stereocenters. The van der Waals surface area contributed by atoms with Crippen molar-refractivity contribution in [3.05, 3.63) is 57.8 Å². The summed E-state index contributed by atoms with van der Waals surface area (Å²) in [7, 11) is 1.44. The van der Waals surface area contributed by atoms with Crippen LogP contribution < -0.4 is 4.74 Å². The molecule has 0 fully saturated rings. The van der Waals surface area contributed by atoms with Crippen molar-refractivity contribution < 1.29 is 18.3 Å². The Labute approximate surface area is 116 Å². The Bertz CT molecular complexity index is 647. The van der Waals surface area contributed by atoms with Crippen molar-refractivity contribution in [2.75, 3.05) is 7.11 Å². The van der Waals surface area contributed by atoms with E-state index in [9.17, 15) is 13.6 Å². The monoisotopic (exact) mass is 327 g/mol. The van der Waals surface area contributed by atoms with Gasteiger partial charge in [-0.1, -0.05) is 0 Å². The average Bonchev–Trinajstić information content (AvgIpc) is 2.44. The minimum absolute atomic E-state index is 0.0222. The Morgan fingerprint density at radius 3 is 2.74 bits per heavy atom. The predicted octanol–water partition coefficient (Wildman–Crippen LogP) is 3.36. The van der Waals surface area contributed by atoms with Crippen LogP contribution in [0, 0.1) is 11.6 Å². The molecular formula is C13H8BrF2NO2. The first kappa shape index (κ1) is 13.6. The van der Waals surface area contributed by atoms with Crippen LogP contribution in [0.1, 0.15) is 15.9 Å². The number of carbonyl (C=O) groups is 1. The van der Waals surface area contributed by atoms with Crippen molar-refractivity contribution in [3.8, 4) is 5.75 Å². The number of benzene rings is 1. The van der Waals surface area contributed by atoms with E-state index in [0.717, 1.165) is 6.07 Å². The molecule has 1 heterocycles. The van der Waals surface area contributed by atoms with Crippen molar-refractivity contribution in [1.82, 2.24) is 4.98 Å². The first-order valence-corrected chi connectivity index (χ1v) is 6.01. The van der Waals surface area contributed by atoms with Gasteiger partial charge in [-0.05, 0) is 34.1 Å². The number of carbonyl (C=O) groups excluding carboxylic acids is 1. The Morgan fingerprint density at radius 2 is 2.05 bits per heavy atom. The Hall–Kier alpha value is -1.82. The maximum atomic E-state index is 13.4. The zero-order valence-electron chi connectivity index (χ0n) is 9.78. The molecule has 1 aromatic carbocycles. The Balaban J connectivity index is 2.47. The number of pyridine rings is 1. The van der Waals surface area contributed by atoms with Gasteiger partial charge in [-0.15, -0.1) is 0 Å². The summed E-state index contributed by atoms with van der Waals surface area (Å²) in [5, 5.41) is 0. The predicted molar refractivity (Wildman–Crippen MR) is 68.3 cm³/mol. The number of hydrogen-bond donors (Lipinski definition) is 0. The van der Waals surface area contributed by atoms with Crippen LogP contribution in [0.15, 0.2) is 35.1 Å². The van der Waals surface area contributed by atoms with E-state index in [1.165, 1.54) is 31.6 Å². The second-order valence-corrected chi connectivity index (χ2v) is 4.46. The van der Waals surface area contributed by atoms with Gasteiger partial charge in [0.25, 0.3) is 0 Å². The van der Waals surface area contributed by atoms with Gasteiger partial charge >= 0.3 is 0 Å². The molecule has 0 aliphatic heterocycles. The second-order valence-electron chi connectivity index (χ2n) is 3.67. The molecule has 19 heavy (non-hydrogen) atoms.